The van der Waals surface area contributed by atoms with Gasteiger partial charge in [0.2, 0.25) is 0 Å². The summed E-state index contributed by atoms with van der Waals surface area (Å²) in [5.74, 6) is 2.59. The van der Waals surface area contributed by atoms with Gasteiger partial charge in [0.15, 0.2) is 17.5 Å². The van der Waals surface area contributed by atoms with E-state index in [4.69, 9.17) is 19.4 Å². The molecule has 7 rings (SSSR count). The molecule has 4 nitrogen and oxygen atoms in total. The first kappa shape index (κ1) is 27.0. The molecule has 2 heterocycles. The number of benzene rings is 5. The Labute approximate surface area is 256 Å². The van der Waals surface area contributed by atoms with Crippen LogP contribution in [-0.4, -0.2) is 15.0 Å². The Morgan fingerprint density at radius 2 is 1.00 bits per heavy atom. The normalized spacial score (nSPS) is 11.3. The van der Waals surface area contributed by atoms with Gasteiger partial charge in [-0.25, -0.2) is 15.0 Å². The van der Waals surface area contributed by atoms with E-state index in [-0.39, 0.29) is 0 Å². The van der Waals surface area contributed by atoms with Crippen molar-refractivity contribution in [2.45, 2.75) is 6.92 Å². The maximum absolute atomic E-state index is 6.11. The lowest BCUT2D eigenvalue weighted by molar-refractivity contribution is 0.603. The molecule has 44 heavy (non-hydrogen) atoms. The Morgan fingerprint density at radius 3 is 1.50 bits per heavy atom. The van der Waals surface area contributed by atoms with Crippen LogP contribution in [0.1, 0.15) is 18.2 Å². The maximum Gasteiger partial charge on any atom is 0.164 e. The van der Waals surface area contributed by atoms with Crippen molar-refractivity contribution in [2.75, 3.05) is 0 Å². The topological polar surface area (TPSA) is 51.8 Å². The van der Waals surface area contributed by atoms with Crippen molar-refractivity contribution in [3.63, 3.8) is 0 Å². The molecule has 210 valence electrons. The summed E-state index contributed by atoms with van der Waals surface area (Å²) in [6.07, 6.45) is 5.75. The lowest BCUT2D eigenvalue weighted by Gasteiger charge is -2.11. The molecule has 0 bridgehead atoms. The van der Waals surface area contributed by atoms with Crippen LogP contribution < -0.4 is 0 Å². The molecule has 0 aliphatic heterocycles. The van der Waals surface area contributed by atoms with E-state index in [2.05, 4.69) is 61.2 Å². The van der Waals surface area contributed by atoms with E-state index in [1.807, 2.05) is 97.9 Å². The van der Waals surface area contributed by atoms with Crippen molar-refractivity contribution in [1.82, 2.24) is 15.0 Å². The number of hydrogen-bond donors (Lipinski definition) is 0. The molecule has 0 amide bonds. The molecular formula is C40H29N3O. The van der Waals surface area contributed by atoms with E-state index in [0.29, 0.717) is 17.5 Å². The first-order valence-corrected chi connectivity index (χ1v) is 14.6. The summed E-state index contributed by atoms with van der Waals surface area (Å²) in [6, 6.07) is 43.4. The van der Waals surface area contributed by atoms with Crippen molar-refractivity contribution < 1.29 is 4.42 Å². The zero-order chi connectivity index (χ0) is 29.9. The fourth-order valence-electron chi connectivity index (χ4n) is 5.46. The minimum Gasteiger partial charge on any atom is -0.456 e. The Hall–Kier alpha value is -5.87. The predicted molar refractivity (Wildman–Crippen MR) is 182 cm³/mol. The summed E-state index contributed by atoms with van der Waals surface area (Å²) in [6.45, 7) is 6.01. The minimum absolute atomic E-state index is 0.589. The summed E-state index contributed by atoms with van der Waals surface area (Å²) in [5.41, 5.74) is 8.92. The molecule has 0 N–H and O–H groups in total. The fourth-order valence-corrected chi connectivity index (χ4v) is 5.46. The van der Waals surface area contributed by atoms with Gasteiger partial charge in [0, 0.05) is 27.6 Å². The Bertz CT molecular complexity index is 2040. The summed E-state index contributed by atoms with van der Waals surface area (Å²) in [4.78, 5) is 15.1. The molecule has 2 aromatic heterocycles. The number of nitrogens with zero attached hydrogens (tertiary/aromatic N) is 3. The standard InChI is InChI=1S/C40H29N3O/c1-3-13-36-34(4-2)35-26-33(22-23-37(35)44-36)40-42-38(31-20-11-18-29(24-31)27-14-7-5-8-15-27)41-39(43-40)32-21-12-19-30(25-32)28-16-9-6-10-17-28/h3-26H,2H2,1H3/b13-3-. The number of rotatable bonds is 7. The van der Waals surface area contributed by atoms with E-state index < -0.39 is 0 Å². The molecule has 0 saturated carbocycles. The fraction of sp³-hybridized carbons (Fsp3) is 0.0250. The second kappa shape index (κ2) is 11.8. The Balaban J connectivity index is 1.41. The lowest BCUT2D eigenvalue weighted by atomic mass is 10.0. The van der Waals surface area contributed by atoms with E-state index in [1.54, 1.807) is 0 Å². The first-order valence-electron chi connectivity index (χ1n) is 14.6. The zero-order valence-electron chi connectivity index (χ0n) is 24.3. The van der Waals surface area contributed by atoms with Crippen molar-refractivity contribution in [3.05, 3.63) is 151 Å². The SMILES string of the molecule is C=Cc1c(/C=C\C)oc2ccc(-c3nc(-c4cccc(-c5ccccc5)c4)nc(-c4cccc(-c5ccccc5)c4)n3)cc12. The molecule has 0 unspecified atom stereocenters. The summed E-state index contributed by atoms with van der Waals surface area (Å²) in [5, 5.41) is 0.964. The van der Waals surface area contributed by atoms with Crippen LogP contribution in [0.15, 0.2) is 144 Å². The quantitative estimate of drug-likeness (QED) is 0.192. The molecule has 0 fully saturated rings. The minimum atomic E-state index is 0.589. The average Bonchev–Trinajstić information content (AvgIpc) is 3.45. The lowest BCUT2D eigenvalue weighted by Crippen LogP contribution is -2.00. The summed E-state index contributed by atoms with van der Waals surface area (Å²) >= 11 is 0. The van der Waals surface area contributed by atoms with Gasteiger partial charge in [0.25, 0.3) is 0 Å². The van der Waals surface area contributed by atoms with Crippen LogP contribution in [0.5, 0.6) is 0 Å². The van der Waals surface area contributed by atoms with Crippen LogP contribution in [0.2, 0.25) is 0 Å². The third kappa shape index (κ3) is 5.25. The van der Waals surface area contributed by atoms with Crippen LogP contribution in [0.4, 0.5) is 0 Å². The second-order valence-electron chi connectivity index (χ2n) is 10.5. The molecule has 5 aromatic carbocycles. The Morgan fingerprint density at radius 1 is 0.523 bits per heavy atom. The summed E-state index contributed by atoms with van der Waals surface area (Å²) < 4.78 is 6.11. The maximum atomic E-state index is 6.11. The first-order chi connectivity index (χ1) is 21.7. The smallest absolute Gasteiger partial charge is 0.164 e. The predicted octanol–water partition coefficient (Wildman–Crippen LogP) is 10.6. The average molecular weight is 568 g/mol. The van der Waals surface area contributed by atoms with Crippen molar-refractivity contribution in [3.8, 4) is 56.4 Å². The molecule has 0 radical (unpaired) electrons. The number of allylic oxidation sites excluding steroid dienone is 1. The summed E-state index contributed by atoms with van der Waals surface area (Å²) in [7, 11) is 0. The third-order valence-corrected chi connectivity index (χ3v) is 7.63. The number of fused-ring (bicyclic) bond motifs is 1. The van der Waals surface area contributed by atoms with E-state index in [0.717, 1.165) is 61.2 Å². The van der Waals surface area contributed by atoms with Crippen LogP contribution in [0, 0.1) is 0 Å². The highest BCUT2D eigenvalue weighted by atomic mass is 16.3. The Kier molecular flexibility index (Phi) is 7.23. The van der Waals surface area contributed by atoms with Crippen LogP contribution >= 0.6 is 0 Å². The van der Waals surface area contributed by atoms with Crippen LogP contribution in [0.25, 0.3) is 79.5 Å². The van der Waals surface area contributed by atoms with Gasteiger partial charge in [-0.05, 0) is 65.6 Å². The molecule has 0 aliphatic rings. The zero-order valence-corrected chi connectivity index (χ0v) is 24.3. The molecule has 4 heteroatoms. The van der Waals surface area contributed by atoms with Gasteiger partial charge in [0.05, 0.1) is 0 Å². The van der Waals surface area contributed by atoms with E-state index >= 15 is 0 Å². The molecule has 0 aliphatic carbocycles. The molecule has 0 spiro atoms. The van der Waals surface area contributed by atoms with Crippen molar-refractivity contribution in [1.29, 1.82) is 0 Å². The van der Waals surface area contributed by atoms with E-state index in [1.165, 1.54) is 0 Å². The van der Waals surface area contributed by atoms with Crippen molar-refractivity contribution >= 4 is 23.1 Å². The molecule has 0 atom stereocenters. The highest BCUT2D eigenvalue weighted by Gasteiger charge is 2.16. The van der Waals surface area contributed by atoms with Gasteiger partial charge in [-0.2, -0.15) is 0 Å². The molecule has 7 aromatic rings. The van der Waals surface area contributed by atoms with Crippen molar-refractivity contribution in [2.24, 2.45) is 0 Å². The van der Waals surface area contributed by atoms with Gasteiger partial charge in [-0.3, -0.25) is 0 Å². The largest absolute Gasteiger partial charge is 0.456 e. The van der Waals surface area contributed by atoms with Gasteiger partial charge in [-0.15, -0.1) is 0 Å². The van der Waals surface area contributed by atoms with Crippen LogP contribution in [0.3, 0.4) is 0 Å². The van der Waals surface area contributed by atoms with E-state index in [9.17, 15) is 0 Å². The van der Waals surface area contributed by atoms with Gasteiger partial charge < -0.3 is 4.42 Å². The highest BCUT2D eigenvalue weighted by molar-refractivity contribution is 5.93. The van der Waals surface area contributed by atoms with Crippen LogP contribution in [-0.2, 0) is 0 Å². The monoisotopic (exact) mass is 567 g/mol. The third-order valence-electron chi connectivity index (χ3n) is 7.63. The number of furan rings is 1. The second-order valence-corrected chi connectivity index (χ2v) is 10.5. The molecular weight excluding hydrogens is 538 g/mol. The van der Waals surface area contributed by atoms with Gasteiger partial charge >= 0.3 is 0 Å². The van der Waals surface area contributed by atoms with Gasteiger partial charge in [0.1, 0.15) is 11.3 Å². The number of aromatic nitrogens is 3. The molecule has 0 saturated heterocycles. The number of hydrogen-bond acceptors (Lipinski definition) is 4. The van der Waals surface area contributed by atoms with Gasteiger partial charge in [-0.1, -0.05) is 116 Å². The highest BCUT2D eigenvalue weighted by Crippen LogP contribution is 2.33.